The van der Waals surface area contributed by atoms with Gasteiger partial charge in [0.25, 0.3) is 0 Å². The molecule has 0 aromatic carbocycles. The van der Waals surface area contributed by atoms with Gasteiger partial charge in [0, 0.05) is 12.8 Å². The molecule has 0 aromatic heterocycles. The fraction of sp³-hybridized carbons (Fsp3) is 0.908. The SMILES string of the molecule is CCCCCCC/C=C\CCCCCCCC(=O)OCCCCCCCCCCCCCCCCCCCCCCCCCCCCCCCC(=O)NC(CO)C(O)/C=C/CCCCCCCCCCC. The number of esters is 1. The van der Waals surface area contributed by atoms with E-state index in [-0.39, 0.29) is 18.5 Å². The molecule has 0 heterocycles. The lowest BCUT2D eigenvalue weighted by Gasteiger charge is -2.20. The maximum Gasteiger partial charge on any atom is 0.305 e. The molecule has 6 heteroatoms. The van der Waals surface area contributed by atoms with E-state index < -0.39 is 12.1 Å². The molecule has 0 spiro atoms. The fourth-order valence-corrected chi connectivity index (χ4v) is 10.0. The molecular weight excluding hydrogens is 875 g/mol. The number of allylic oxidation sites excluding steroid dienone is 3. The van der Waals surface area contributed by atoms with E-state index in [1.165, 1.54) is 283 Å². The number of hydrogen-bond acceptors (Lipinski definition) is 5. The molecular formula is C65H125NO5. The van der Waals surface area contributed by atoms with Crippen LogP contribution < -0.4 is 5.32 Å². The first-order valence-corrected chi connectivity index (χ1v) is 32.1. The summed E-state index contributed by atoms with van der Waals surface area (Å²) >= 11 is 0. The van der Waals surface area contributed by atoms with E-state index in [1.807, 2.05) is 6.08 Å². The Bertz CT molecular complexity index is 1110. The number of aliphatic hydroxyl groups is 2. The molecule has 0 saturated heterocycles. The van der Waals surface area contributed by atoms with Gasteiger partial charge in [-0.2, -0.15) is 0 Å². The Morgan fingerprint density at radius 2 is 0.662 bits per heavy atom. The van der Waals surface area contributed by atoms with E-state index in [0.717, 1.165) is 44.9 Å². The van der Waals surface area contributed by atoms with E-state index in [0.29, 0.717) is 19.4 Å². The number of ether oxygens (including phenoxy) is 1. The lowest BCUT2D eigenvalue weighted by atomic mass is 10.0. The highest BCUT2D eigenvalue weighted by Crippen LogP contribution is 2.18. The van der Waals surface area contributed by atoms with Crippen molar-refractivity contribution in [1.29, 1.82) is 0 Å². The van der Waals surface area contributed by atoms with Crippen molar-refractivity contribution in [3.63, 3.8) is 0 Å². The second-order valence-electron chi connectivity index (χ2n) is 22.1. The van der Waals surface area contributed by atoms with E-state index in [1.54, 1.807) is 6.08 Å². The zero-order chi connectivity index (χ0) is 51.4. The largest absolute Gasteiger partial charge is 0.466 e. The quantitative estimate of drug-likeness (QED) is 0.0320. The summed E-state index contributed by atoms with van der Waals surface area (Å²) < 4.78 is 5.48. The Labute approximate surface area is 443 Å². The molecule has 1 amide bonds. The van der Waals surface area contributed by atoms with Crippen LogP contribution in [-0.4, -0.2) is 47.4 Å². The van der Waals surface area contributed by atoms with Crippen molar-refractivity contribution < 1.29 is 24.5 Å². The van der Waals surface area contributed by atoms with Crippen LogP contribution in [0.5, 0.6) is 0 Å². The summed E-state index contributed by atoms with van der Waals surface area (Å²) in [5, 5.41) is 23.0. The minimum atomic E-state index is -0.840. The first-order chi connectivity index (χ1) is 35.0. The third kappa shape index (κ3) is 57.5. The number of unbranched alkanes of at least 4 members (excludes halogenated alkanes) is 47. The summed E-state index contributed by atoms with van der Waals surface area (Å²) in [5.74, 6) is -0.0538. The molecule has 0 rings (SSSR count). The second kappa shape index (κ2) is 60.9. The minimum absolute atomic E-state index is 0.0108. The molecule has 0 bridgehead atoms. The Balaban J connectivity index is 3.33. The normalized spacial score (nSPS) is 12.7. The number of amides is 1. The Morgan fingerprint density at radius 1 is 0.380 bits per heavy atom. The number of rotatable bonds is 60. The number of hydrogen-bond donors (Lipinski definition) is 3. The Morgan fingerprint density at radius 3 is 1.00 bits per heavy atom. The number of carbonyl (C=O) groups is 2. The maximum atomic E-state index is 12.4. The summed E-state index contributed by atoms with van der Waals surface area (Å²) in [7, 11) is 0. The van der Waals surface area contributed by atoms with Crippen molar-refractivity contribution in [2.45, 2.75) is 366 Å². The van der Waals surface area contributed by atoms with Crippen LogP contribution in [0.25, 0.3) is 0 Å². The molecule has 0 aromatic rings. The van der Waals surface area contributed by atoms with Gasteiger partial charge in [-0.3, -0.25) is 9.59 Å². The summed E-state index contributed by atoms with van der Waals surface area (Å²) in [5.41, 5.74) is 0. The first-order valence-electron chi connectivity index (χ1n) is 32.1. The zero-order valence-electron chi connectivity index (χ0n) is 48.0. The van der Waals surface area contributed by atoms with Gasteiger partial charge >= 0.3 is 5.97 Å². The summed E-state index contributed by atoms with van der Waals surface area (Å²) in [6, 6.07) is -0.623. The summed E-state index contributed by atoms with van der Waals surface area (Å²) in [6.45, 7) is 4.90. The van der Waals surface area contributed by atoms with Gasteiger partial charge in [-0.1, -0.05) is 308 Å². The van der Waals surface area contributed by atoms with E-state index in [4.69, 9.17) is 4.74 Å². The van der Waals surface area contributed by atoms with Crippen molar-refractivity contribution in [1.82, 2.24) is 5.32 Å². The molecule has 420 valence electrons. The average molecular weight is 1000 g/mol. The molecule has 71 heavy (non-hydrogen) atoms. The van der Waals surface area contributed by atoms with Crippen molar-refractivity contribution in [2.75, 3.05) is 13.2 Å². The molecule has 0 radical (unpaired) electrons. The van der Waals surface area contributed by atoms with E-state index >= 15 is 0 Å². The van der Waals surface area contributed by atoms with Crippen LogP contribution in [0.3, 0.4) is 0 Å². The average Bonchev–Trinajstić information content (AvgIpc) is 3.37. The predicted octanol–water partition coefficient (Wildman–Crippen LogP) is 20.2. The van der Waals surface area contributed by atoms with Gasteiger partial charge in [-0.15, -0.1) is 0 Å². The lowest BCUT2D eigenvalue weighted by molar-refractivity contribution is -0.143. The number of carbonyl (C=O) groups excluding carboxylic acids is 2. The topological polar surface area (TPSA) is 95.9 Å². The van der Waals surface area contributed by atoms with Crippen molar-refractivity contribution in [2.24, 2.45) is 0 Å². The zero-order valence-corrected chi connectivity index (χ0v) is 48.0. The van der Waals surface area contributed by atoms with Gasteiger partial charge in [-0.25, -0.2) is 0 Å². The molecule has 6 nitrogen and oxygen atoms in total. The van der Waals surface area contributed by atoms with Crippen LogP contribution in [-0.2, 0) is 14.3 Å². The van der Waals surface area contributed by atoms with Crippen molar-refractivity contribution in [3.05, 3.63) is 24.3 Å². The van der Waals surface area contributed by atoms with Crippen LogP contribution in [0.4, 0.5) is 0 Å². The van der Waals surface area contributed by atoms with Crippen LogP contribution in [0.15, 0.2) is 24.3 Å². The van der Waals surface area contributed by atoms with E-state index in [2.05, 4.69) is 31.3 Å². The third-order valence-electron chi connectivity index (χ3n) is 15.0. The van der Waals surface area contributed by atoms with Gasteiger partial charge in [0.15, 0.2) is 0 Å². The molecule has 0 aliphatic carbocycles. The highest BCUT2D eigenvalue weighted by atomic mass is 16.5. The standard InChI is InChI=1S/C65H125NO5/c1-3-5-7-9-11-13-15-16-35-39-43-47-51-55-59-65(70)71-60-56-52-48-44-40-36-33-31-29-27-25-23-21-19-17-18-20-22-24-26-28-30-32-34-38-42-46-50-54-58-64(69)66-62(61-67)63(68)57-53-49-45-41-37-14-12-10-8-6-4-2/h15-16,53,57,62-63,67-68H,3-14,17-52,54-56,58-61H2,1-2H3,(H,66,69)/b16-15-,57-53+. The maximum absolute atomic E-state index is 12.4. The van der Waals surface area contributed by atoms with Gasteiger partial charge in [-0.05, 0) is 57.8 Å². The molecule has 0 fully saturated rings. The summed E-state index contributed by atoms with van der Waals surface area (Å²) in [4.78, 5) is 24.5. The highest BCUT2D eigenvalue weighted by Gasteiger charge is 2.18. The van der Waals surface area contributed by atoms with Crippen molar-refractivity contribution >= 4 is 11.9 Å². The molecule has 0 aliphatic heterocycles. The number of aliphatic hydroxyl groups excluding tert-OH is 2. The second-order valence-corrected chi connectivity index (χ2v) is 22.1. The Hall–Kier alpha value is -1.66. The van der Waals surface area contributed by atoms with E-state index in [9.17, 15) is 19.8 Å². The molecule has 0 saturated carbocycles. The van der Waals surface area contributed by atoms with Gasteiger partial charge in [0.2, 0.25) is 5.91 Å². The summed E-state index contributed by atoms with van der Waals surface area (Å²) in [6.07, 6.45) is 75.3. The van der Waals surface area contributed by atoms with Crippen LogP contribution >= 0.6 is 0 Å². The third-order valence-corrected chi connectivity index (χ3v) is 15.0. The monoisotopic (exact) mass is 1000 g/mol. The van der Waals surface area contributed by atoms with Gasteiger partial charge in [0.05, 0.1) is 25.4 Å². The Kier molecular flexibility index (Phi) is 59.5. The van der Waals surface area contributed by atoms with Crippen LogP contribution in [0.1, 0.15) is 354 Å². The smallest absolute Gasteiger partial charge is 0.305 e. The van der Waals surface area contributed by atoms with Crippen LogP contribution in [0.2, 0.25) is 0 Å². The minimum Gasteiger partial charge on any atom is -0.466 e. The van der Waals surface area contributed by atoms with Gasteiger partial charge < -0.3 is 20.3 Å². The van der Waals surface area contributed by atoms with Crippen LogP contribution in [0, 0.1) is 0 Å². The fourth-order valence-electron chi connectivity index (χ4n) is 10.0. The predicted molar refractivity (Wildman–Crippen MR) is 310 cm³/mol. The van der Waals surface area contributed by atoms with Gasteiger partial charge in [0.1, 0.15) is 0 Å². The number of nitrogens with one attached hydrogen (secondary N) is 1. The molecule has 2 unspecified atom stereocenters. The molecule has 0 aliphatic rings. The highest BCUT2D eigenvalue weighted by molar-refractivity contribution is 5.76. The lowest BCUT2D eigenvalue weighted by Crippen LogP contribution is -2.45. The molecule has 2 atom stereocenters. The first kappa shape index (κ1) is 69.3. The molecule has 3 N–H and O–H groups in total. The van der Waals surface area contributed by atoms with Crippen molar-refractivity contribution in [3.8, 4) is 0 Å².